The fourth-order valence-corrected chi connectivity index (χ4v) is 5.71. The van der Waals surface area contributed by atoms with E-state index in [1.54, 1.807) is 36.3 Å². The molecule has 0 aliphatic carbocycles. The summed E-state index contributed by atoms with van der Waals surface area (Å²) in [6.45, 7) is 1.62. The van der Waals surface area contributed by atoms with Crippen molar-refractivity contribution < 1.29 is 23.4 Å². The SMILES string of the molecule is COc1cc(OCc2csc(C3(N)CCOCC3)n2)c2cc(-c3cn4nc(OC)sc4n3)oc2c1. The van der Waals surface area contributed by atoms with Crippen molar-refractivity contribution in [3.8, 4) is 28.1 Å². The van der Waals surface area contributed by atoms with Gasteiger partial charge in [0.15, 0.2) is 5.76 Å². The van der Waals surface area contributed by atoms with E-state index in [1.165, 1.54) is 11.3 Å². The first-order valence-electron chi connectivity index (χ1n) is 11.0. The molecule has 1 aliphatic rings. The zero-order valence-electron chi connectivity index (χ0n) is 19.1. The molecule has 1 saturated heterocycles. The molecule has 0 atom stereocenters. The number of rotatable bonds is 7. The minimum Gasteiger partial charge on any atom is -0.496 e. The number of methoxy groups -OCH3 is 2. The first-order chi connectivity index (χ1) is 17.0. The molecule has 2 N–H and O–H groups in total. The summed E-state index contributed by atoms with van der Waals surface area (Å²) in [5.41, 5.74) is 8.29. The van der Waals surface area contributed by atoms with Crippen molar-refractivity contribution in [2.45, 2.75) is 25.0 Å². The maximum Gasteiger partial charge on any atom is 0.294 e. The zero-order valence-corrected chi connectivity index (χ0v) is 20.8. The molecule has 5 heterocycles. The number of nitrogens with two attached hydrogens (primary N) is 1. The molecule has 0 spiro atoms. The first-order valence-corrected chi connectivity index (χ1v) is 12.7. The number of aromatic nitrogens is 4. The second-order valence-corrected chi connectivity index (χ2v) is 10.1. The van der Waals surface area contributed by atoms with Crippen LogP contribution in [0.1, 0.15) is 23.5 Å². The van der Waals surface area contributed by atoms with E-state index in [0.29, 0.717) is 58.5 Å². The van der Waals surface area contributed by atoms with Crippen molar-refractivity contribution in [3.63, 3.8) is 0 Å². The van der Waals surface area contributed by atoms with Gasteiger partial charge < -0.3 is 29.1 Å². The molecule has 182 valence electrons. The highest BCUT2D eigenvalue weighted by molar-refractivity contribution is 7.18. The lowest BCUT2D eigenvalue weighted by Crippen LogP contribution is -2.42. The lowest BCUT2D eigenvalue weighted by molar-refractivity contribution is 0.0521. The van der Waals surface area contributed by atoms with Gasteiger partial charge in [0.2, 0.25) is 4.96 Å². The number of hydrogen-bond acceptors (Lipinski definition) is 11. The Hall–Kier alpha value is -3.19. The van der Waals surface area contributed by atoms with Crippen LogP contribution in [-0.2, 0) is 16.9 Å². The predicted octanol–water partition coefficient (Wildman–Crippen LogP) is 4.22. The highest BCUT2D eigenvalue weighted by atomic mass is 32.1. The summed E-state index contributed by atoms with van der Waals surface area (Å²) in [6, 6.07) is 5.59. The van der Waals surface area contributed by atoms with Crippen LogP contribution in [0, 0.1) is 0 Å². The van der Waals surface area contributed by atoms with Crippen molar-refractivity contribution in [2.75, 3.05) is 27.4 Å². The van der Waals surface area contributed by atoms with E-state index in [2.05, 4.69) is 10.1 Å². The predicted molar refractivity (Wildman–Crippen MR) is 132 cm³/mol. The molecule has 1 aliphatic heterocycles. The largest absolute Gasteiger partial charge is 0.496 e. The van der Waals surface area contributed by atoms with E-state index in [9.17, 15) is 0 Å². The first kappa shape index (κ1) is 22.3. The van der Waals surface area contributed by atoms with Gasteiger partial charge in [-0.2, -0.15) is 0 Å². The van der Waals surface area contributed by atoms with Crippen LogP contribution in [0.3, 0.4) is 0 Å². The maximum atomic E-state index is 6.59. The molecule has 6 rings (SSSR count). The van der Waals surface area contributed by atoms with Crippen LogP contribution >= 0.6 is 22.7 Å². The second-order valence-electron chi connectivity index (χ2n) is 8.27. The highest BCUT2D eigenvalue weighted by Crippen LogP contribution is 2.38. The van der Waals surface area contributed by atoms with Gasteiger partial charge in [-0.3, -0.25) is 0 Å². The van der Waals surface area contributed by atoms with Crippen LogP contribution in [0.4, 0.5) is 0 Å². The van der Waals surface area contributed by atoms with Crippen molar-refractivity contribution in [1.29, 1.82) is 0 Å². The van der Waals surface area contributed by atoms with Crippen LogP contribution < -0.4 is 19.9 Å². The molecule has 0 radical (unpaired) electrons. The van der Waals surface area contributed by atoms with Crippen LogP contribution in [0.5, 0.6) is 16.7 Å². The molecule has 5 aromatic rings. The Labute approximate surface area is 208 Å². The molecule has 0 amide bonds. The lowest BCUT2D eigenvalue weighted by Gasteiger charge is -2.31. The molecule has 35 heavy (non-hydrogen) atoms. The standard InChI is InChI=1S/C23H23N5O5S2/c1-29-14-7-17(32-11-13-12-34-20(25-13)23(24)3-5-31-6-4-23)15-9-19(33-18(15)8-14)16-10-28-21(26-16)35-22(27-28)30-2/h7-10,12H,3-6,11,24H2,1-2H3. The average Bonchev–Trinajstić information content (AvgIpc) is 3.65. The van der Waals surface area contributed by atoms with Crippen LogP contribution in [0.2, 0.25) is 0 Å². The Bertz CT molecular complexity index is 1470. The van der Waals surface area contributed by atoms with E-state index >= 15 is 0 Å². The van der Waals surface area contributed by atoms with Gasteiger partial charge in [-0.1, -0.05) is 0 Å². The summed E-state index contributed by atoms with van der Waals surface area (Å²) in [6.07, 6.45) is 3.34. The van der Waals surface area contributed by atoms with Gasteiger partial charge in [-0.15, -0.1) is 16.4 Å². The van der Waals surface area contributed by atoms with Crippen molar-refractivity contribution in [2.24, 2.45) is 5.73 Å². The van der Waals surface area contributed by atoms with Gasteiger partial charge in [-0.25, -0.2) is 14.5 Å². The third-order valence-electron chi connectivity index (χ3n) is 6.00. The molecule has 0 saturated carbocycles. The van der Waals surface area contributed by atoms with Gasteiger partial charge in [0.05, 0.1) is 37.0 Å². The van der Waals surface area contributed by atoms with E-state index in [4.69, 9.17) is 34.1 Å². The second kappa shape index (κ2) is 8.79. The molecular weight excluding hydrogens is 490 g/mol. The average molecular weight is 514 g/mol. The number of benzene rings is 1. The van der Waals surface area contributed by atoms with Gasteiger partial charge in [0.1, 0.15) is 34.4 Å². The summed E-state index contributed by atoms with van der Waals surface area (Å²) in [4.78, 5) is 10.1. The number of thiazole rings is 1. The van der Waals surface area contributed by atoms with Crippen LogP contribution in [0.15, 0.2) is 34.2 Å². The normalized spacial score (nSPS) is 15.6. The number of ether oxygens (including phenoxy) is 4. The Kier molecular flexibility index (Phi) is 5.60. The van der Waals surface area contributed by atoms with Crippen LogP contribution in [-0.4, -0.2) is 47.0 Å². The number of hydrogen-bond donors (Lipinski definition) is 1. The van der Waals surface area contributed by atoms with Gasteiger partial charge in [0.25, 0.3) is 5.19 Å². The van der Waals surface area contributed by atoms with Gasteiger partial charge >= 0.3 is 0 Å². The number of nitrogens with zero attached hydrogens (tertiary/aromatic N) is 4. The van der Waals surface area contributed by atoms with E-state index in [0.717, 1.165) is 28.9 Å². The highest BCUT2D eigenvalue weighted by Gasteiger charge is 2.33. The quantitative estimate of drug-likeness (QED) is 0.341. The molecule has 0 unspecified atom stereocenters. The Morgan fingerprint density at radius 2 is 2.00 bits per heavy atom. The third kappa shape index (κ3) is 4.12. The molecular formula is C23H23N5O5S2. The minimum atomic E-state index is -0.430. The van der Waals surface area contributed by atoms with Crippen molar-refractivity contribution in [1.82, 2.24) is 19.6 Å². The monoisotopic (exact) mass is 513 g/mol. The Morgan fingerprint density at radius 1 is 1.14 bits per heavy atom. The topological polar surface area (TPSA) is 119 Å². The maximum absolute atomic E-state index is 6.59. The molecule has 0 bridgehead atoms. The van der Waals surface area contributed by atoms with Crippen LogP contribution in [0.25, 0.3) is 27.4 Å². The van der Waals surface area contributed by atoms with E-state index in [-0.39, 0.29) is 0 Å². The summed E-state index contributed by atoms with van der Waals surface area (Å²) in [7, 11) is 3.19. The fourth-order valence-electron chi connectivity index (χ4n) is 4.03. The minimum absolute atomic E-state index is 0.301. The molecule has 12 heteroatoms. The molecule has 10 nitrogen and oxygen atoms in total. The number of furan rings is 1. The van der Waals surface area contributed by atoms with Gasteiger partial charge in [0, 0.05) is 30.7 Å². The Balaban J connectivity index is 1.27. The lowest BCUT2D eigenvalue weighted by atomic mass is 9.92. The van der Waals surface area contributed by atoms with Crippen molar-refractivity contribution >= 4 is 38.6 Å². The van der Waals surface area contributed by atoms with E-state index < -0.39 is 5.54 Å². The Morgan fingerprint density at radius 3 is 2.77 bits per heavy atom. The zero-order chi connectivity index (χ0) is 24.0. The summed E-state index contributed by atoms with van der Waals surface area (Å²) < 4.78 is 30.1. The third-order valence-corrected chi connectivity index (χ3v) is 7.99. The summed E-state index contributed by atoms with van der Waals surface area (Å²) in [5, 5.41) is 8.61. The smallest absolute Gasteiger partial charge is 0.294 e. The molecule has 4 aromatic heterocycles. The molecule has 1 aromatic carbocycles. The summed E-state index contributed by atoms with van der Waals surface area (Å²) >= 11 is 2.93. The fraction of sp³-hybridized carbons (Fsp3) is 0.348. The number of imidazole rings is 1. The number of fused-ring (bicyclic) bond motifs is 2. The van der Waals surface area contributed by atoms with Crippen molar-refractivity contribution in [3.05, 3.63) is 40.5 Å². The van der Waals surface area contributed by atoms with Gasteiger partial charge in [-0.05, 0) is 30.2 Å². The molecule has 1 fully saturated rings. The van der Waals surface area contributed by atoms with E-state index in [1.807, 2.05) is 23.6 Å². The summed E-state index contributed by atoms with van der Waals surface area (Å²) in [5.74, 6) is 1.88.